The molecule has 0 aliphatic rings. The Kier molecular flexibility index (Phi) is 3.82. The van der Waals surface area contributed by atoms with Gasteiger partial charge in [0.05, 0.1) is 0 Å². The monoisotopic (exact) mass is 211 g/mol. The maximum Gasteiger partial charge on any atom is 0.328 e. The summed E-state index contributed by atoms with van der Waals surface area (Å²) in [6.07, 6.45) is 1.96. The summed E-state index contributed by atoms with van der Waals surface area (Å²) in [4.78, 5) is 15.3. The van der Waals surface area contributed by atoms with Gasteiger partial charge in [-0.05, 0) is 6.42 Å². The van der Waals surface area contributed by atoms with Crippen LogP contribution in [0.2, 0.25) is 0 Å². The van der Waals surface area contributed by atoms with Crippen molar-refractivity contribution in [3.63, 3.8) is 0 Å². The van der Waals surface area contributed by atoms with Crippen LogP contribution in [0.4, 0.5) is 0 Å². The molecule has 0 aliphatic heterocycles. The molecule has 1 aromatic heterocycles. The number of hydrogen-bond acceptors (Lipinski definition) is 3. The molecule has 1 aromatic rings. The quantitative estimate of drug-likeness (QED) is 0.800. The predicted molar refractivity (Wildman–Crippen MR) is 55.7 cm³/mol. The Balaban J connectivity index is 3.09. The number of rotatable bonds is 5. The molecule has 1 rings (SSSR count). The molecule has 0 radical (unpaired) electrons. The molecule has 5 heteroatoms. The maximum absolute atomic E-state index is 11.0. The average molecular weight is 211 g/mol. The predicted octanol–water partition coefficient (Wildman–Crippen LogP) is 1.44. The summed E-state index contributed by atoms with van der Waals surface area (Å²) in [7, 11) is 0. The Morgan fingerprint density at radius 1 is 1.40 bits per heavy atom. The lowest BCUT2D eigenvalue weighted by molar-refractivity contribution is -0.141. The zero-order valence-corrected chi connectivity index (χ0v) is 9.40. The molecule has 0 fully saturated rings. The van der Waals surface area contributed by atoms with Crippen LogP contribution in [0, 0.1) is 0 Å². The van der Waals surface area contributed by atoms with E-state index in [-0.39, 0.29) is 0 Å². The number of carboxylic acids is 1. The van der Waals surface area contributed by atoms with Crippen molar-refractivity contribution in [3.8, 4) is 0 Å². The van der Waals surface area contributed by atoms with E-state index in [0.717, 1.165) is 12.2 Å². The van der Waals surface area contributed by atoms with E-state index in [0.29, 0.717) is 18.7 Å². The van der Waals surface area contributed by atoms with Crippen molar-refractivity contribution in [1.29, 1.82) is 0 Å². The molecule has 5 nitrogen and oxygen atoms in total. The number of aliphatic carboxylic acids is 1. The largest absolute Gasteiger partial charge is 0.480 e. The molecule has 0 aliphatic carbocycles. The van der Waals surface area contributed by atoms with Crippen LogP contribution in [-0.2, 0) is 17.6 Å². The van der Waals surface area contributed by atoms with E-state index in [1.165, 1.54) is 0 Å². The zero-order chi connectivity index (χ0) is 11.4. The van der Waals surface area contributed by atoms with Gasteiger partial charge in [-0.2, -0.15) is 5.10 Å². The standard InChI is InChI=1S/C10H17N3O2/c1-4-7(10(14)15)13-9(6-3)11-8(5-2)12-13/h7H,4-6H2,1-3H3,(H,14,15). The maximum atomic E-state index is 11.0. The minimum absolute atomic E-state index is 0.523. The van der Waals surface area contributed by atoms with Crippen molar-refractivity contribution in [2.45, 2.75) is 46.1 Å². The lowest BCUT2D eigenvalue weighted by atomic mass is 10.2. The molecule has 0 bridgehead atoms. The van der Waals surface area contributed by atoms with Crippen molar-refractivity contribution in [1.82, 2.24) is 14.8 Å². The first-order valence-electron chi connectivity index (χ1n) is 5.31. The Labute approximate surface area is 89.1 Å². The van der Waals surface area contributed by atoms with Crippen LogP contribution < -0.4 is 0 Å². The van der Waals surface area contributed by atoms with Gasteiger partial charge in [0, 0.05) is 12.8 Å². The molecule has 84 valence electrons. The molecule has 0 saturated heterocycles. The van der Waals surface area contributed by atoms with Gasteiger partial charge < -0.3 is 5.11 Å². The van der Waals surface area contributed by atoms with Crippen LogP contribution in [-0.4, -0.2) is 25.8 Å². The molecular weight excluding hydrogens is 194 g/mol. The number of aromatic nitrogens is 3. The van der Waals surface area contributed by atoms with Gasteiger partial charge in [-0.1, -0.05) is 20.8 Å². The molecular formula is C10H17N3O2. The molecule has 1 heterocycles. The van der Waals surface area contributed by atoms with Gasteiger partial charge in [0.25, 0.3) is 0 Å². The molecule has 1 N–H and O–H groups in total. The highest BCUT2D eigenvalue weighted by atomic mass is 16.4. The van der Waals surface area contributed by atoms with Crippen LogP contribution in [0.15, 0.2) is 0 Å². The second kappa shape index (κ2) is 4.91. The summed E-state index contributed by atoms with van der Waals surface area (Å²) in [5.74, 6) is 0.618. The lowest BCUT2D eigenvalue weighted by Crippen LogP contribution is -2.21. The van der Waals surface area contributed by atoms with E-state index in [2.05, 4.69) is 10.1 Å². The fraction of sp³-hybridized carbons (Fsp3) is 0.700. The first kappa shape index (κ1) is 11.7. The lowest BCUT2D eigenvalue weighted by Gasteiger charge is -2.11. The van der Waals surface area contributed by atoms with Gasteiger partial charge in [-0.15, -0.1) is 0 Å². The molecule has 1 atom stereocenters. The van der Waals surface area contributed by atoms with Crippen molar-refractivity contribution in [2.75, 3.05) is 0 Å². The highest BCUT2D eigenvalue weighted by Crippen LogP contribution is 2.14. The Morgan fingerprint density at radius 2 is 2.07 bits per heavy atom. The van der Waals surface area contributed by atoms with Gasteiger partial charge in [0.15, 0.2) is 11.9 Å². The SMILES string of the molecule is CCc1nc(CC)n(C(CC)C(=O)O)n1. The number of hydrogen-bond donors (Lipinski definition) is 1. The Hall–Kier alpha value is -1.39. The summed E-state index contributed by atoms with van der Waals surface area (Å²) in [5.41, 5.74) is 0. The van der Waals surface area contributed by atoms with E-state index < -0.39 is 12.0 Å². The molecule has 15 heavy (non-hydrogen) atoms. The van der Waals surface area contributed by atoms with Crippen molar-refractivity contribution in [2.24, 2.45) is 0 Å². The van der Waals surface area contributed by atoms with E-state index >= 15 is 0 Å². The van der Waals surface area contributed by atoms with Gasteiger partial charge in [0.1, 0.15) is 5.82 Å². The van der Waals surface area contributed by atoms with Crippen LogP contribution in [0.25, 0.3) is 0 Å². The third-order valence-electron chi connectivity index (χ3n) is 2.35. The summed E-state index contributed by atoms with van der Waals surface area (Å²) < 4.78 is 1.54. The van der Waals surface area contributed by atoms with Gasteiger partial charge >= 0.3 is 5.97 Å². The summed E-state index contributed by atoms with van der Waals surface area (Å²) in [6.45, 7) is 5.75. The van der Waals surface area contributed by atoms with Gasteiger partial charge in [-0.25, -0.2) is 14.5 Å². The average Bonchev–Trinajstić information content (AvgIpc) is 2.61. The summed E-state index contributed by atoms with van der Waals surface area (Å²) >= 11 is 0. The normalized spacial score (nSPS) is 12.7. The summed E-state index contributed by atoms with van der Waals surface area (Å²) in [6, 6.07) is -0.590. The number of carbonyl (C=O) groups is 1. The number of aryl methyl sites for hydroxylation is 2. The van der Waals surface area contributed by atoms with E-state index in [1.54, 1.807) is 4.68 Å². The summed E-state index contributed by atoms with van der Waals surface area (Å²) in [5, 5.41) is 13.3. The van der Waals surface area contributed by atoms with Crippen molar-refractivity contribution < 1.29 is 9.90 Å². The smallest absolute Gasteiger partial charge is 0.328 e. The van der Waals surface area contributed by atoms with Crippen LogP contribution >= 0.6 is 0 Å². The van der Waals surface area contributed by atoms with E-state index in [1.807, 2.05) is 20.8 Å². The Morgan fingerprint density at radius 3 is 2.47 bits per heavy atom. The number of nitrogens with zero attached hydrogens (tertiary/aromatic N) is 3. The number of carboxylic acid groups (broad SMARTS) is 1. The third-order valence-corrected chi connectivity index (χ3v) is 2.35. The van der Waals surface area contributed by atoms with E-state index in [9.17, 15) is 4.79 Å². The second-order valence-corrected chi connectivity index (χ2v) is 3.36. The minimum atomic E-state index is -0.847. The fourth-order valence-electron chi connectivity index (χ4n) is 1.50. The molecule has 0 saturated carbocycles. The Bertz CT molecular complexity index is 346. The van der Waals surface area contributed by atoms with Gasteiger partial charge in [0.2, 0.25) is 0 Å². The topological polar surface area (TPSA) is 68.0 Å². The second-order valence-electron chi connectivity index (χ2n) is 3.36. The molecule has 0 spiro atoms. The zero-order valence-electron chi connectivity index (χ0n) is 9.40. The first-order chi connectivity index (χ1) is 7.13. The van der Waals surface area contributed by atoms with Crippen molar-refractivity contribution in [3.05, 3.63) is 11.6 Å². The van der Waals surface area contributed by atoms with Crippen LogP contribution in [0.3, 0.4) is 0 Å². The third kappa shape index (κ3) is 2.34. The van der Waals surface area contributed by atoms with Crippen molar-refractivity contribution >= 4 is 5.97 Å². The van der Waals surface area contributed by atoms with Crippen LogP contribution in [0.5, 0.6) is 0 Å². The highest BCUT2D eigenvalue weighted by molar-refractivity contribution is 5.71. The van der Waals surface area contributed by atoms with Gasteiger partial charge in [-0.3, -0.25) is 0 Å². The van der Waals surface area contributed by atoms with E-state index in [4.69, 9.17) is 5.11 Å². The fourth-order valence-corrected chi connectivity index (χ4v) is 1.50. The molecule has 1 unspecified atom stereocenters. The minimum Gasteiger partial charge on any atom is -0.480 e. The van der Waals surface area contributed by atoms with Crippen LogP contribution in [0.1, 0.15) is 44.9 Å². The highest BCUT2D eigenvalue weighted by Gasteiger charge is 2.21. The first-order valence-corrected chi connectivity index (χ1v) is 5.31. The molecule has 0 amide bonds. The molecule has 0 aromatic carbocycles.